The largest absolute Gasteiger partial charge is 0.454 e. The fraction of sp³-hybridized carbons (Fsp3) is 0.500. The minimum absolute atomic E-state index is 0.0575. The van der Waals surface area contributed by atoms with Crippen molar-refractivity contribution < 1.29 is 28.7 Å². The van der Waals surface area contributed by atoms with Gasteiger partial charge in [0.2, 0.25) is 12.7 Å². The minimum Gasteiger partial charge on any atom is -0.454 e. The maximum Gasteiger partial charge on any atom is 0.279 e. The molecule has 3 N–H and O–H groups in total. The third-order valence-electron chi connectivity index (χ3n) is 4.30. The number of carbonyl (C=O) groups excluding carboxylic acids is 1. The van der Waals surface area contributed by atoms with Crippen LogP contribution in [-0.2, 0) is 19.8 Å². The number of amides is 1. The minimum atomic E-state index is -1.86. The third-order valence-corrected chi connectivity index (χ3v) is 4.30. The quantitative estimate of drug-likeness (QED) is 0.409. The van der Waals surface area contributed by atoms with Gasteiger partial charge in [0.25, 0.3) is 5.69 Å². The number of nitrogens with one attached hydrogen (secondary N) is 1. The van der Waals surface area contributed by atoms with Crippen LogP contribution in [0.4, 0.5) is 5.69 Å². The summed E-state index contributed by atoms with van der Waals surface area (Å²) in [7, 11) is 4.03. The van der Waals surface area contributed by atoms with Crippen molar-refractivity contribution in [3.8, 4) is 11.5 Å². The number of primary amides is 1. The Morgan fingerprint density at radius 1 is 1.33 bits per heavy atom. The van der Waals surface area contributed by atoms with Gasteiger partial charge in [-0.1, -0.05) is 0 Å². The van der Waals surface area contributed by atoms with E-state index in [1.165, 1.54) is 40.3 Å². The summed E-state index contributed by atoms with van der Waals surface area (Å²) < 4.78 is 21.1. The number of methoxy groups -OCH3 is 2. The number of fused-ring (bicyclic) bond motifs is 1. The number of likely N-dealkylation sites (N-methyl/N-ethyl adjacent to an activating group) is 1. The lowest BCUT2D eigenvalue weighted by molar-refractivity contribution is -0.387. The average molecular weight is 341 g/mol. The number of nitrogens with two attached hydrogens (primary N) is 1. The maximum atomic E-state index is 12.4. The Morgan fingerprint density at radius 3 is 2.29 bits per heavy atom. The van der Waals surface area contributed by atoms with Crippen LogP contribution in [0, 0.1) is 10.1 Å². The highest BCUT2D eigenvalue weighted by atomic mass is 16.7. The molecule has 10 nitrogen and oxygen atoms in total. The number of nitro groups is 1. The first kappa shape index (κ1) is 17.9. The van der Waals surface area contributed by atoms with Crippen molar-refractivity contribution in [1.82, 2.24) is 5.32 Å². The zero-order valence-electron chi connectivity index (χ0n) is 13.7. The summed E-state index contributed by atoms with van der Waals surface area (Å²) in [5.74, 6) is -2.09. The van der Waals surface area contributed by atoms with Crippen LogP contribution in [0.1, 0.15) is 12.5 Å². The maximum absolute atomic E-state index is 12.4. The molecule has 0 bridgehead atoms. The SMILES string of the molecule is CNC(C(N)=O)(c1cc2c(cc1[N+](=O)[O-])OCO2)C(C)(OC)OC. The molecule has 0 aromatic heterocycles. The Bertz CT molecular complexity index is 675. The Kier molecular flexibility index (Phi) is 4.65. The Morgan fingerprint density at radius 2 is 1.88 bits per heavy atom. The van der Waals surface area contributed by atoms with Gasteiger partial charge in [0, 0.05) is 14.2 Å². The van der Waals surface area contributed by atoms with Gasteiger partial charge in [-0.2, -0.15) is 0 Å². The van der Waals surface area contributed by atoms with Gasteiger partial charge in [-0.15, -0.1) is 0 Å². The number of ether oxygens (including phenoxy) is 4. The van der Waals surface area contributed by atoms with Crippen molar-refractivity contribution in [3.63, 3.8) is 0 Å². The molecule has 1 aliphatic rings. The number of rotatable bonds is 7. The molecule has 0 fully saturated rings. The number of nitro benzene ring substituents is 1. The van der Waals surface area contributed by atoms with E-state index in [0.29, 0.717) is 0 Å². The topological polar surface area (TPSA) is 135 Å². The van der Waals surface area contributed by atoms with Crippen molar-refractivity contribution in [2.45, 2.75) is 18.2 Å². The van der Waals surface area contributed by atoms with Crippen molar-refractivity contribution in [2.24, 2.45) is 5.73 Å². The first-order valence-electron chi connectivity index (χ1n) is 6.95. The molecule has 1 unspecified atom stereocenters. The van der Waals surface area contributed by atoms with Gasteiger partial charge in [0.15, 0.2) is 22.8 Å². The molecule has 0 aliphatic carbocycles. The van der Waals surface area contributed by atoms with E-state index in [4.69, 9.17) is 24.7 Å². The highest BCUT2D eigenvalue weighted by molar-refractivity contribution is 5.89. The third kappa shape index (κ3) is 2.35. The summed E-state index contributed by atoms with van der Waals surface area (Å²) in [4.78, 5) is 23.3. The Hall–Kier alpha value is -2.43. The highest BCUT2D eigenvalue weighted by Gasteiger charge is 2.58. The Balaban J connectivity index is 2.85. The van der Waals surface area contributed by atoms with Gasteiger partial charge in [-0.05, 0) is 20.0 Å². The molecule has 132 valence electrons. The molecule has 0 spiro atoms. The lowest BCUT2D eigenvalue weighted by atomic mass is 9.80. The average Bonchev–Trinajstić information content (AvgIpc) is 3.01. The van der Waals surface area contributed by atoms with E-state index < -0.39 is 22.2 Å². The van der Waals surface area contributed by atoms with Gasteiger partial charge in [-0.25, -0.2) is 0 Å². The van der Waals surface area contributed by atoms with Crippen LogP contribution < -0.4 is 20.5 Å². The second-order valence-corrected chi connectivity index (χ2v) is 5.20. The van der Waals surface area contributed by atoms with Crippen LogP contribution >= 0.6 is 0 Å². The van der Waals surface area contributed by atoms with E-state index in [1.807, 2.05) is 0 Å². The van der Waals surface area contributed by atoms with E-state index >= 15 is 0 Å². The molecule has 0 saturated heterocycles. The lowest BCUT2D eigenvalue weighted by Crippen LogP contribution is -2.66. The predicted octanol–water partition coefficient (Wildman–Crippen LogP) is 0.232. The van der Waals surface area contributed by atoms with E-state index in [2.05, 4.69) is 5.32 Å². The second-order valence-electron chi connectivity index (χ2n) is 5.20. The zero-order valence-corrected chi connectivity index (χ0v) is 13.7. The van der Waals surface area contributed by atoms with E-state index in [1.54, 1.807) is 0 Å². The summed E-state index contributed by atoms with van der Waals surface area (Å²) in [6.45, 7) is 1.37. The van der Waals surface area contributed by atoms with Crippen LogP contribution in [0.2, 0.25) is 0 Å². The highest BCUT2D eigenvalue weighted by Crippen LogP contribution is 2.46. The molecule has 0 radical (unpaired) electrons. The molecule has 10 heteroatoms. The summed E-state index contributed by atoms with van der Waals surface area (Å²) in [6.07, 6.45) is 0. The summed E-state index contributed by atoms with van der Waals surface area (Å²) >= 11 is 0. The molecular weight excluding hydrogens is 322 g/mol. The number of carbonyl (C=O) groups is 1. The van der Waals surface area contributed by atoms with Gasteiger partial charge >= 0.3 is 0 Å². The van der Waals surface area contributed by atoms with Gasteiger partial charge in [0.1, 0.15) is 0 Å². The van der Waals surface area contributed by atoms with E-state index in [0.717, 1.165) is 0 Å². The lowest BCUT2D eigenvalue weighted by Gasteiger charge is -2.43. The van der Waals surface area contributed by atoms with E-state index in [-0.39, 0.29) is 29.5 Å². The van der Waals surface area contributed by atoms with Crippen molar-refractivity contribution in [2.75, 3.05) is 28.1 Å². The first-order chi connectivity index (χ1) is 11.3. The first-order valence-corrected chi connectivity index (χ1v) is 6.95. The zero-order chi connectivity index (χ0) is 18.1. The van der Waals surface area contributed by atoms with Crippen LogP contribution in [0.5, 0.6) is 11.5 Å². The van der Waals surface area contributed by atoms with Crippen LogP contribution in [0.15, 0.2) is 12.1 Å². The molecule has 1 aromatic carbocycles. The molecule has 1 amide bonds. The molecule has 1 heterocycles. The van der Waals surface area contributed by atoms with Crippen molar-refractivity contribution >= 4 is 11.6 Å². The molecule has 1 aliphatic heterocycles. The van der Waals surface area contributed by atoms with Crippen LogP contribution in [-0.4, -0.2) is 44.7 Å². The monoisotopic (exact) mass is 341 g/mol. The molecular formula is C14H19N3O7. The Labute approximate surface area is 138 Å². The fourth-order valence-corrected chi connectivity index (χ4v) is 2.86. The van der Waals surface area contributed by atoms with Crippen molar-refractivity contribution in [3.05, 3.63) is 27.8 Å². The number of nitrogens with zero attached hydrogens (tertiary/aromatic N) is 1. The van der Waals surface area contributed by atoms with Gasteiger partial charge in [0.05, 0.1) is 16.6 Å². The van der Waals surface area contributed by atoms with Gasteiger partial charge < -0.3 is 24.7 Å². The number of hydrogen-bond acceptors (Lipinski definition) is 8. The summed E-state index contributed by atoms with van der Waals surface area (Å²) in [6, 6.07) is 2.51. The standard InChI is InChI=1S/C14H19N3O7/c1-13(21-3,22-4)14(16-2,12(15)18)8-5-10-11(24-7-23-10)6-9(8)17(19)20/h5-6,16H,7H2,1-4H3,(H2,15,18). The second kappa shape index (κ2) is 6.23. The number of hydrogen-bond donors (Lipinski definition) is 2. The molecule has 1 atom stereocenters. The molecule has 1 aromatic rings. The van der Waals surface area contributed by atoms with Crippen LogP contribution in [0.25, 0.3) is 0 Å². The number of benzene rings is 1. The summed E-state index contributed by atoms with van der Waals surface area (Å²) in [5, 5.41) is 14.3. The summed E-state index contributed by atoms with van der Waals surface area (Å²) in [5.41, 5.74) is 3.31. The smallest absolute Gasteiger partial charge is 0.279 e. The van der Waals surface area contributed by atoms with Gasteiger partial charge in [-0.3, -0.25) is 20.2 Å². The molecule has 24 heavy (non-hydrogen) atoms. The predicted molar refractivity (Wildman–Crippen MR) is 81.6 cm³/mol. The fourth-order valence-electron chi connectivity index (χ4n) is 2.86. The van der Waals surface area contributed by atoms with E-state index in [9.17, 15) is 14.9 Å². The molecule has 0 saturated carbocycles. The van der Waals surface area contributed by atoms with Crippen molar-refractivity contribution in [1.29, 1.82) is 0 Å². The van der Waals surface area contributed by atoms with Crippen LogP contribution in [0.3, 0.4) is 0 Å². The molecule has 2 rings (SSSR count). The normalized spacial score (nSPS) is 15.8.